The van der Waals surface area contributed by atoms with Crippen molar-refractivity contribution < 1.29 is 67.7 Å². The lowest BCUT2D eigenvalue weighted by Gasteiger charge is -2.30. The van der Waals surface area contributed by atoms with Crippen molar-refractivity contribution in [3.8, 4) is 0 Å². The molecule has 0 saturated carbocycles. The van der Waals surface area contributed by atoms with Crippen LogP contribution in [0.2, 0.25) is 0 Å². The van der Waals surface area contributed by atoms with Crippen LogP contribution in [0, 0.1) is 5.92 Å². The molecule has 496 valence electrons. The van der Waals surface area contributed by atoms with Crippen LogP contribution in [0.1, 0.15) is 126 Å². The number of benzene rings is 2. The number of likely N-dealkylation sites (tertiary alicyclic amines) is 1. The number of amides is 10. The lowest BCUT2D eigenvalue weighted by Crippen LogP contribution is -2.61. The van der Waals surface area contributed by atoms with Crippen LogP contribution >= 0.6 is 11.8 Å². The Bertz CT molecular complexity index is 2830. The first-order valence-corrected chi connectivity index (χ1v) is 31.8. The fourth-order valence-electron chi connectivity index (χ4n) is 10.7. The number of unbranched alkanes of at least 4 members (excludes halogenated alkanes) is 1. The molecule has 10 amide bonds. The third-order valence-corrected chi connectivity index (χ3v) is 16.5. The normalized spacial score (nSPS) is 17.1. The van der Waals surface area contributed by atoms with E-state index in [1.165, 1.54) is 16.7 Å². The van der Waals surface area contributed by atoms with Crippen LogP contribution in [0.3, 0.4) is 0 Å². The van der Waals surface area contributed by atoms with Crippen molar-refractivity contribution in [3.63, 3.8) is 0 Å². The van der Waals surface area contributed by atoms with Crippen LogP contribution in [0.15, 0.2) is 59.6 Å². The first kappa shape index (κ1) is 74.1. The van der Waals surface area contributed by atoms with Crippen LogP contribution in [-0.2, 0) is 70.4 Å². The number of hydrogen-bond acceptors (Lipinski definition) is 16. The Labute approximate surface area is 527 Å². The molecule has 4 rings (SSSR count). The molecule has 90 heavy (non-hydrogen) atoms. The number of primary amides is 1. The van der Waals surface area contributed by atoms with E-state index < -0.39 is 169 Å². The fourth-order valence-corrected chi connectivity index (χ4v) is 11.1. The van der Waals surface area contributed by atoms with E-state index in [1.54, 1.807) is 68.6 Å². The molecule has 1 aliphatic carbocycles. The SMILES string of the molecule is CC[C@H](C)[C@H](NC(=O)CNC(=O)[C@H](Cc1ccccc1)NC(=O)[C@@H](NC(=O)[C@H](CCC(N)=O)NC(=O)[C@H](CCC(=O)O)NC(=O)[C@H](CCCCN)NC(=O)[C@@H]1CCCN1C(=O)[C@@H](N)CCCN=C(N)N)[C@H]1CCc2ccccc21)C(=O)N[C@@H](CCSC)C(=O)O. The maximum absolute atomic E-state index is 15.0. The van der Waals surface area contributed by atoms with Gasteiger partial charge in [-0.2, -0.15) is 11.8 Å². The fraction of sp³-hybridized carbons (Fsp3) is 0.583. The number of rotatable bonds is 40. The summed E-state index contributed by atoms with van der Waals surface area (Å²) in [6.07, 6.45) is 2.93. The van der Waals surface area contributed by atoms with E-state index in [9.17, 15) is 67.7 Å². The van der Waals surface area contributed by atoms with Gasteiger partial charge < -0.3 is 86.3 Å². The molecule has 2 aliphatic rings. The van der Waals surface area contributed by atoms with Crippen LogP contribution < -0.4 is 71.2 Å². The number of fused-ring (bicyclic) bond motifs is 1. The van der Waals surface area contributed by atoms with Crippen molar-refractivity contribution in [1.82, 2.24) is 47.4 Å². The topological polar surface area (TPSA) is 487 Å². The Balaban J connectivity index is 1.61. The molecule has 0 unspecified atom stereocenters. The first-order chi connectivity index (χ1) is 42.9. The summed E-state index contributed by atoms with van der Waals surface area (Å²) < 4.78 is 0. The molecule has 1 heterocycles. The molecule has 2 aromatic rings. The second-order valence-electron chi connectivity index (χ2n) is 22.6. The summed E-state index contributed by atoms with van der Waals surface area (Å²) in [5.41, 5.74) is 30.5. The quantitative estimate of drug-likeness (QED) is 0.0195. The lowest BCUT2D eigenvalue weighted by molar-refractivity contribution is -0.142. The number of carbonyl (C=O) groups excluding carboxylic acids is 10. The van der Waals surface area contributed by atoms with Gasteiger partial charge in [0.15, 0.2) is 5.96 Å². The number of nitrogens with zero attached hydrogens (tertiary/aromatic N) is 2. The number of carbonyl (C=O) groups is 12. The molecular weight excluding hydrogens is 1190 g/mol. The maximum atomic E-state index is 15.0. The highest BCUT2D eigenvalue weighted by molar-refractivity contribution is 7.98. The average molecular weight is 1280 g/mol. The summed E-state index contributed by atoms with van der Waals surface area (Å²) in [4.78, 5) is 169. The van der Waals surface area contributed by atoms with E-state index >= 15 is 0 Å². The number of aliphatic imine (C=N–C) groups is 1. The zero-order chi connectivity index (χ0) is 66.5. The van der Waals surface area contributed by atoms with Gasteiger partial charge in [-0.05, 0) is 118 Å². The zero-order valence-corrected chi connectivity index (χ0v) is 52.2. The van der Waals surface area contributed by atoms with Crippen LogP contribution in [0.4, 0.5) is 0 Å². The highest BCUT2D eigenvalue weighted by Crippen LogP contribution is 2.36. The van der Waals surface area contributed by atoms with Crippen molar-refractivity contribution >= 4 is 88.7 Å². The molecule has 0 bridgehead atoms. The van der Waals surface area contributed by atoms with Gasteiger partial charge in [-0.25, -0.2) is 4.79 Å². The molecule has 0 radical (unpaired) electrons. The van der Waals surface area contributed by atoms with Gasteiger partial charge in [0.2, 0.25) is 59.1 Å². The van der Waals surface area contributed by atoms with Gasteiger partial charge in [0.25, 0.3) is 0 Å². The molecule has 1 fully saturated rings. The van der Waals surface area contributed by atoms with Crippen molar-refractivity contribution in [3.05, 3.63) is 71.3 Å². The van der Waals surface area contributed by atoms with Gasteiger partial charge in [0.1, 0.15) is 48.3 Å². The number of guanidine groups is 1. The van der Waals surface area contributed by atoms with Crippen LogP contribution in [0.25, 0.3) is 0 Å². The summed E-state index contributed by atoms with van der Waals surface area (Å²) in [5.74, 6) is -11.7. The molecule has 0 spiro atoms. The van der Waals surface area contributed by atoms with E-state index in [-0.39, 0.29) is 57.7 Å². The second kappa shape index (κ2) is 38.2. The predicted molar refractivity (Wildman–Crippen MR) is 335 cm³/mol. The number of carboxylic acid groups (broad SMARTS) is 2. The third-order valence-electron chi connectivity index (χ3n) is 15.8. The van der Waals surface area contributed by atoms with Gasteiger partial charge in [-0.3, -0.25) is 57.7 Å². The minimum absolute atomic E-state index is 0.00318. The smallest absolute Gasteiger partial charge is 0.326 e. The number of nitrogens with two attached hydrogens (primary N) is 5. The largest absolute Gasteiger partial charge is 0.481 e. The Kier molecular flexibility index (Phi) is 31.5. The van der Waals surface area contributed by atoms with Crippen molar-refractivity contribution in [2.75, 3.05) is 38.2 Å². The molecular formula is C60H91N15O14S. The Morgan fingerprint density at radius 3 is 1.92 bits per heavy atom. The Morgan fingerprint density at radius 2 is 1.30 bits per heavy atom. The molecule has 20 N–H and O–H groups in total. The number of hydrogen-bond donors (Lipinski definition) is 15. The van der Waals surface area contributed by atoms with E-state index in [0.29, 0.717) is 61.8 Å². The Hall–Kier alpha value is -8.38. The number of aryl methyl sites for hydroxylation is 1. The number of aliphatic carboxylic acids is 2. The molecule has 11 atom stereocenters. The maximum Gasteiger partial charge on any atom is 0.326 e. The summed E-state index contributed by atoms with van der Waals surface area (Å²) in [7, 11) is 0. The molecule has 1 aliphatic heterocycles. The second-order valence-corrected chi connectivity index (χ2v) is 23.5. The molecule has 29 nitrogen and oxygen atoms in total. The monoisotopic (exact) mass is 1280 g/mol. The highest BCUT2D eigenvalue weighted by atomic mass is 32.2. The van der Waals surface area contributed by atoms with Crippen molar-refractivity contribution in [2.24, 2.45) is 39.6 Å². The minimum Gasteiger partial charge on any atom is -0.481 e. The van der Waals surface area contributed by atoms with Gasteiger partial charge in [-0.15, -0.1) is 0 Å². The number of nitrogens with one attached hydrogen (secondary N) is 8. The summed E-state index contributed by atoms with van der Waals surface area (Å²) >= 11 is 1.40. The molecule has 1 saturated heterocycles. The Morgan fingerprint density at radius 1 is 0.678 bits per heavy atom. The van der Waals surface area contributed by atoms with Crippen LogP contribution in [0.5, 0.6) is 0 Å². The van der Waals surface area contributed by atoms with Crippen molar-refractivity contribution in [2.45, 2.75) is 177 Å². The van der Waals surface area contributed by atoms with E-state index in [4.69, 9.17) is 28.7 Å². The third kappa shape index (κ3) is 24.2. The number of thioether (sulfide) groups is 1. The summed E-state index contributed by atoms with van der Waals surface area (Å²) in [6, 6.07) is 3.79. The van der Waals surface area contributed by atoms with Crippen LogP contribution in [-0.4, -0.2) is 185 Å². The standard InChI is InChI=1S/C60H91N15O14S/c1-4-34(2)49(56(85)71-43(59(88)89)27-31-90-3)73-47(77)33-67-51(80)44(32-35-14-6-5-7-15-35)72-57(86)50(38-22-21-36-16-8-9-17-37(36)38)74-54(83)41(23-25-46(63)76)68-53(82)42(24-26-48(78)79)69-52(81)40(19-10-11-28-61)70-55(84)45-20-13-30-75(45)58(87)39(62)18-12-29-66-60(64)65/h5-9,14-17,34,38-45,49-50H,4,10-13,18-33,61-62H2,1-3H3,(H2,63,76)(H,67,80)(H,68,82)(H,69,81)(H,70,84)(H,71,85)(H,72,86)(H,73,77)(H,74,83)(H,78,79)(H,88,89)(H4,64,65,66)/t34-,38-,39-,40-,41-,42-,43-,44-,45-,49-,50-/m0/s1. The van der Waals surface area contributed by atoms with Gasteiger partial charge in [0.05, 0.1) is 12.6 Å². The molecule has 30 heteroatoms. The van der Waals surface area contributed by atoms with Gasteiger partial charge in [-0.1, -0.05) is 74.9 Å². The van der Waals surface area contributed by atoms with Gasteiger partial charge in [0, 0.05) is 38.3 Å². The van der Waals surface area contributed by atoms with E-state index in [0.717, 1.165) is 5.56 Å². The summed E-state index contributed by atoms with van der Waals surface area (Å²) in [5, 5.41) is 40.5. The minimum atomic E-state index is -1.68. The first-order valence-electron chi connectivity index (χ1n) is 30.4. The lowest BCUT2D eigenvalue weighted by atomic mass is 9.91. The average Bonchev–Trinajstić information content (AvgIpc) is 1.66. The highest BCUT2D eigenvalue weighted by Gasteiger charge is 2.41. The summed E-state index contributed by atoms with van der Waals surface area (Å²) in [6.45, 7) is 3.48. The van der Waals surface area contributed by atoms with E-state index in [1.807, 2.05) is 6.07 Å². The zero-order valence-electron chi connectivity index (χ0n) is 51.4. The van der Waals surface area contributed by atoms with E-state index in [2.05, 4.69) is 47.5 Å². The van der Waals surface area contributed by atoms with Crippen molar-refractivity contribution in [1.29, 1.82) is 0 Å². The molecule has 0 aromatic heterocycles. The predicted octanol–water partition coefficient (Wildman–Crippen LogP) is -2.02. The number of carboxylic acids is 2. The van der Waals surface area contributed by atoms with Gasteiger partial charge >= 0.3 is 11.9 Å². The molecule has 2 aromatic carbocycles.